The molecular formula is C8H4F3NO2S2. The fourth-order valence-electron chi connectivity index (χ4n) is 1.08. The topological polar surface area (TPSA) is 47.0 Å². The normalized spacial score (nSPS) is 12.5. The Morgan fingerprint density at radius 1 is 1.31 bits per heavy atom. The molecule has 0 N–H and O–H groups in total. The van der Waals surface area contributed by atoms with Gasteiger partial charge >= 0.3 is 5.76 Å². The van der Waals surface area contributed by atoms with Gasteiger partial charge in [0.15, 0.2) is 0 Å². The second-order valence-corrected chi connectivity index (χ2v) is 6.02. The number of aromatic nitrogens is 1. The summed E-state index contributed by atoms with van der Waals surface area (Å²) >= 11 is 0.528. The second-order valence-electron chi connectivity index (χ2n) is 2.90. The molecule has 0 aliphatic heterocycles. The van der Waals surface area contributed by atoms with E-state index < -0.39 is 25.8 Å². The Hall–Kier alpha value is -1.15. The first-order valence-electron chi connectivity index (χ1n) is 3.99. The fourth-order valence-corrected chi connectivity index (χ4v) is 3.13. The molecule has 0 atom stereocenters. The van der Waals surface area contributed by atoms with Crippen LogP contribution >= 0.6 is 11.3 Å². The van der Waals surface area contributed by atoms with Crippen LogP contribution in [0.4, 0.5) is 13.2 Å². The van der Waals surface area contributed by atoms with Crippen molar-refractivity contribution in [1.29, 1.82) is 0 Å². The molecule has 1 heterocycles. The van der Waals surface area contributed by atoms with Gasteiger partial charge in [0.1, 0.15) is 5.82 Å². The highest BCUT2D eigenvalue weighted by Crippen LogP contribution is 2.28. The molecule has 0 unspecified atom stereocenters. The first kappa shape index (κ1) is 11.3. The zero-order valence-electron chi connectivity index (χ0n) is 7.52. The summed E-state index contributed by atoms with van der Waals surface area (Å²) in [6.07, 6.45) is 0. The van der Waals surface area contributed by atoms with Crippen molar-refractivity contribution in [3.05, 3.63) is 24.0 Å². The SMILES string of the molecule is O=S(=O)(c1nc2ccc(F)cc2s1)C(F)F. The molecule has 0 bridgehead atoms. The second kappa shape index (κ2) is 3.70. The number of benzene rings is 1. The molecule has 0 spiro atoms. The number of hydrogen-bond donors (Lipinski definition) is 0. The molecule has 16 heavy (non-hydrogen) atoms. The molecule has 0 radical (unpaired) electrons. The van der Waals surface area contributed by atoms with E-state index in [0.717, 1.165) is 12.1 Å². The van der Waals surface area contributed by atoms with Gasteiger partial charge in [-0.25, -0.2) is 17.8 Å². The average Bonchev–Trinajstić information content (AvgIpc) is 2.60. The average molecular weight is 267 g/mol. The van der Waals surface area contributed by atoms with Gasteiger partial charge in [-0.1, -0.05) is 0 Å². The van der Waals surface area contributed by atoms with Gasteiger partial charge in [-0.2, -0.15) is 8.78 Å². The predicted octanol–water partition coefficient (Wildman–Crippen LogP) is 2.43. The fraction of sp³-hybridized carbons (Fsp3) is 0.125. The van der Waals surface area contributed by atoms with Crippen molar-refractivity contribution in [3.63, 3.8) is 0 Å². The zero-order chi connectivity index (χ0) is 11.9. The van der Waals surface area contributed by atoms with Gasteiger partial charge < -0.3 is 0 Å². The molecule has 86 valence electrons. The van der Waals surface area contributed by atoms with Crippen molar-refractivity contribution in [1.82, 2.24) is 4.98 Å². The van der Waals surface area contributed by atoms with E-state index in [2.05, 4.69) is 4.98 Å². The van der Waals surface area contributed by atoms with Crippen LogP contribution in [0.2, 0.25) is 0 Å². The number of rotatable bonds is 2. The highest BCUT2D eigenvalue weighted by atomic mass is 32.2. The molecule has 0 fully saturated rings. The summed E-state index contributed by atoms with van der Waals surface area (Å²) in [5, 5.41) is 0. The number of hydrogen-bond acceptors (Lipinski definition) is 4. The van der Waals surface area contributed by atoms with Gasteiger partial charge in [-0.3, -0.25) is 0 Å². The minimum absolute atomic E-state index is 0.186. The lowest BCUT2D eigenvalue weighted by atomic mass is 10.3. The van der Waals surface area contributed by atoms with E-state index in [0.29, 0.717) is 11.3 Å². The maximum atomic E-state index is 12.8. The lowest BCUT2D eigenvalue weighted by molar-refractivity contribution is 0.234. The number of alkyl halides is 2. The van der Waals surface area contributed by atoms with Crippen molar-refractivity contribution in [2.75, 3.05) is 0 Å². The standard InChI is InChI=1S/C8H4F3NO2S2/c9-4-1-2-5-6(3-4)15-8(12-5)16(13,14)7(10)11/h1-3,7H. The van der Waals surface area contributed by atoms with Crippen LogP contribution in [0.1, 0.15) is 0 Å². The van der Waals surface area contributed by atoms with E-state index in [-0.39, 0.29) is 10.2 Å². The van der Waals surface area contributed by atoms with Gasteiger partial charge in [-0.05, 0) is 18.2 Å². The van der Waals surface area contributed by atoms with E-state index in [1.165, 1.54) is 6.07 Å². The van der Waals surface area contributed by atoms with Crippen LogP contribution in [0.15, 0.2) is 22.5 Å². The molecule has 1 aromatic heterocycles. The van der Waals surface area contributed by atoms with Crippen LogP contribution in [-0.4, -0.2) is 19.2 Å². The van der Waals surface area contributed by atoms with E-state index in [9.17, 15) is 21.6 Å². The molecule has 8 heteroatoms. The van der Waals surface area contributed by atoms with E-state index in [1.54, 1.807) is 0 Å². The summed E-state index contributed by atoms with van der Waals surface area (Å²) in [6, 6.07) is 3.38. The van der Waals surface area contributed by atoms with Crippen molar-refractivity contribution in [2.24, 2.45) is 0 Å². The Bertz CT molecular complexity index is 636. The summed E-state index contributed by atoms with van der Waals surface area (Å²) in [6.45, 7) is 0. The van der Waals surface area contributed by atoms with Crippen molar-refractivity contribution >= 4 is 31.4 Å². The highest BCUT2D eigenvalue weighted by Gasteiger charge is 2.30. The Labute approximate surface area is 92.5 Å². The van der Waals surface area contributed by atoms with Gasteiger partial charge in [0.05, 0.1) is 10.2 Å². The van der Waals surface area contributed by atoms with Crippen LogP contribution in [0.3, 0.4) is 0 Å². The molecule has 2 aromatic rings. The number of halogens is 3. The van der Waals surface area contributed by atoms with Gasteiger partial charge in [0.25, 0.3) is 9.84 Å². The van der Waals surface area contributed by atoms with E-state index in [1.807, 2.05) is 0 Å². The lowest BCUT2D eigenvalue weighted by Gasteiger charge is -1.95. The third-order valence-electron chi connectivity index (χ3n) is 1.81. The molecule has 1 aromatic carbocycles. The van der Waals surface area contributed by atoms with Crippen LogP contribution in [0.25, 0.3) is 10.2 Å². The van der Waals surface area contributed by atoms with Crippen LogP contribution in [-0.2, 0) is 9.84 Å². The van der Waals surface area contributed by atoms with Crippen LogP contribution in [0, 0.1) is 5.82 Å². The predicted molar refractivity (Wildman–Crippen MR) is 52.8 cm³/mol. The molecule has 0 aliphatic rings. The largest absolute Gasteiger partial charge is 0.343 e. The number of nitrogens with zero attached hydrogens (tertiary/aromatic N) is 1. The van der Waals surface area contributed by atoms with Crippen molar-refractivity contribution in [2.45, 2.75) is 10.1 Å². The summed E-state index contributed by atoms with van der Waals surface area (Å²) in [5.41, 5.74) is 0.186. The van der Waals surface area contributed by atoms with Crippen molar-refractivity contribution < 1.29 is 21.6 Å². The van der Waals surface area contributed by atoms with Gasteiger partial charge in [-0.15, -0.1) is 11.3 Å². The minimum Gasteiger partial charge on any atom is -0.225 e. The van der Waals surface area contributed by atoms with Crippen LogP contribution in [0.5, 0.6) is 0 Å². The zero-order valence-corrected chi connectivity index (χ0v) is 9.16. The smallest absolute Gasteiger partial charge is 0.225 e. The highest BCUT2D eigenvalue weighted by molar-refractivity contribution is 7.93. The molecule has 0 amide bonds. The van der Waals surface area contributed by atoms with Gasteiger partial charge in [0, 0.05) is 0 Å². The maximum absolute atomic E-state index is 12.8. The monoisotopic (exact) mass is 267 g/mol. The number of thiazole rings is 1. The maximum Gasteiger partial charge on any atom is 0.343 e. The third kappa shape index (κ3) is 1.78. The Morgan fingerprint density at radius 3 is 2.62 bits per heavy atom. The lowest BCUT2D eigenvalue weighted by Crippen LogP contribution is -2.10. The van der Waals surface area contributed by atoms with Crippen molar-refractivity contribution in [3.8, 4) is 0 Å². The molecule has 0 aliphatic carbocycles. The van der Waals surface area contributed by atoms with E-state index in [4.69, 9.17) is 0 Å². The quantitative estimate of drug-likeness (QED) is 0.839. The molecule has 2 rings (SSSR count). The minimum atomic E-state index is -4.70. The number of sulfone groups is 1. The summed E-state index contributed by atoms with van der Waals surface area (Å²) in [7, 11) is -4.70. The molecule has 0 saturated heterocycles. The Kier molecular flexibility index (Phi) is 2.62. The van der Waals surface area contributed by atoms with Crippen LogP contribution < -0.4 is 0 Å². The molecular weight excluding hydrogens is 263 g/mol. The Balaban J connectivity index is 2.65. The first-order valence-corrected chi connectivity index (χ1v) is 6.35. The Morgan fingerprint density at radius 2 is 2.00 bits per heavy atom. The first-order chi connectivity index (χ1) is 7.41. The third-order valence-corrected chi connectivity index (χ3v) is 4.62. The summed E-state index contributed by atoms with van der Waals surface area (Å²) in [5.74, 6) is -4.09. The van der Waals surface area contributed by atoms with Gasteiger partial charge in [0.2, 0.25) is 4.34 Å². The molecule has 0 saturated carbocycles. The summed E-state index contributed by atoms with van der Waals surface area (Å²) in [4.78, 5) is 3.53. The number of fused-ring (bicyclic) bond motifs is 1. The van der Waals surface area contributed by atoms with E-state index >= 15 is 0 Å². The summed E-state index contributed by atoms with van der Waals surface area (Å²) < 4.78 is 58.9. The molecule has 3 nitrogen and oxygen atoms in total.